The molecule has 3 rings (SSSR count). The lowest BCUT2D eigenvalue weighted by Gasteiger charge is -2.17. The zero-order chi connectivity index (χ0) is 17.4. The van der Waals surface area contributed by atoms with Crippen molar-refractivity contribution in [1.82, 2.24) is 15.5 Å². The first kappa shape index (κ1) is 16.2. The van der Waals surface area contributed by atoms with Crippen molar-refractivity contribution < 1.29 is 9.32 Å². The third kappa shape index (κ3) is 2.89. The first-order chi connectivity index (χ1) is 11.4. The minimum Gasteiger partial charge on any atom is -0.345 e. The van der Waals surface area contributed by atoms with E-state index in [1.165, 1.54) is 11.1 Å². The molecular formula is C19H21N3O2. The Bertz CT molecular complexity index is 928. The molecule has 1 unspecified atom stereocenters. The van der Waals surface area contributed by atoms with Gasteiger partial charge in [0.1, 0.15) is 0 Å². The second kappa shape index (κ2) is 6.07. The molecule has 1 N–H and O–H groups in total. The molecule has 0 bridgehead atoms. The number of pyridine rings is 1. The molecule has 0 spiro atoms. The molecule has 5 heteroatoms. The fourth-order valence-electron chi connectivity index (χ4n) is 3.06. The van der Waals surface area contributed by atoms with Gasteiger partial charge in [0.15, 0.2) is 0 Å². The number of hydrogen-bond acceptors (Lipinski definition) is 4. The third-order valence-electron chi connectivity index (χ3n) is 4.23. The van der Waals surface area contributed by atoms with Crippen LogP contribution in [0, 0.1) is 27.7 Å². The van der Waals surface area contributed by atoms with Gasteiger partial charge in [0, 0.05) is 5.69 Å². The highest BCUT2D eigenvalue weighted by molar-refractivity contribution is 6.06. The lowest BCUT2D eigenvalue weighted by atomic mass is 10.00. The molecule has 0 radical (unpaired) electrons. The maximum atomic E-state index is 12.8. The van der Waals surface area contributed by atoms with E-state index in [-0.39, 0.29) is 11.9 Å². The second-order valence-corrected chi connectivity index (χ2v) is 6.31. The van der Waals surface area contributed by atoms with Crippen molar-refractivity contribution in [1.29, 1.82) is 0 Å². The fourth-order valence-corrected chi connectivity index (χ4v) is 3.06. The highest BCUT2D eigenvalue weighted by atomic mass is 16.5. The number of benzene rings is 1. The van der Waals surface area contributed by atoms with Crippen LogP contribution in [-0.4, -0.2) is 16.0 Å². The minimum atomic E-state index is -0.149. The Hall–Kier alpha value is -2.69. The Morgan fingerprint density at radius 2 is 1.92 bits per heavy atom. The lowest BCUT2D eigenvalue weighted by molar-refractivity contribution is 0.0941. The van der Waals surface area contributed by atoms with E-state index >= 15 is 0 Å². The van der Waals surface area contributed by atoms with Crippen LogP contribution in [0.4, 0.5) is 0 Å². The molecule has 2 aromatic heterocycles. The van der Waals surface area contributed by atoms with Gasteiger partial charge in [0.05, 0.1) is 22.7 Å². The summed E-state index contributed by atoms with van der Waals surface area (Å²) in [5, 5.41) is 7.67. The zero-order valence-corrected chi connectivity index (χ0v) is 14.6. The molecule has 5 nitrogen and oxygen atoms in total. The molecule has 1 atom stereocenters. The molecule has 2 heterocycles. The molecule has 3 aromatic rings. The molecule has 124 valence electrons. The van der Waals surface area contributed by atoms with Crippen LogP contribution in [0.3, 0.4) is 0 Å². The summed E-state index contributed by atoms with van der Waals surface area (Å²) in [5.41, 5.74) is 5.83. The van der Waals surface area contributed by atoms with Crippen molar-refractivity contribution in [2.75, 3.05) is 0 Å². The number of hydrogen-bond donors (Lipinski definition) is 1. The molecule has 0 saturated carbocycles. The number of amides is 1. The molecular weight excluding hydrogens is 302 g/mol. The van der Waals surface area contributed by atoms with Crippen molar-refractivity contribution in [3.8, 4) is 0 Å². The predicted octanol–water partition coefficient (Wildman–Crippen LogP) is 3.95. The summed E-state index contributed by atoms with van der Waals surface area (Å²) >= 11 is 0. The van der Waals surface area contributed by atoms with Gasteiger partial charge < -0.3 is 9.84 Å². The Balaban J connectivity index is 1.94. The Kier molecular flexibility index (Phi) is 4.09. The number of aryl methyl sites for hydroxylation is 4. The highest BCUT2D eigenvalue weighted by Crippen LogP contribution is 2.24. The van der Waals surface area contributed by atoms with Crippen LogP contribution in [0.25, 0.3) is 11.1 Å². The van der Waals surface area contributed by atoms with E-state index in [0.29, 0.717) is 22.4 Å². The van der Waals surface area contributed by atoms with Crippen molar-refractivity contribution >= 4 is 17.0 Å². The summed E-state index contributed by atoms with van der Waals surface area (Å²) in [4.78, 5) is 17.1. The van der Waals surface area contributed by atoms with E-state index in [1.54, 1.807) is 6.07 Å². The zero-order valence-electron chi connectivity index (χ0n) is 14.6. The topological polar surface area (TPSA) is 68.0 Å². The monoisotopic (exact) mass is 323 g/mol. The van der Waals surface area contributed by atoms with Crippen LogP contribution in [0.5, 0.6) is 0 Å². The summed E-state index contributed by atoms with van der Waals surface area (Å²) in [6, 6.07) is 7.92. The largest absolute Gasteiger partial charge is 0.345 e. The molecule has 0 aliphatic heterocycles. The summed E-state index contributed by atoms with van der Waals surface area (Å²) in [6.45, 7) is 9.76. The Labute approximate surface area is 141 Å². The SMILES string of the molecule is Cc1ccc(C(C)NC(=O)c2cc(C)nc3onc(C)c23)c(C)c1. The standard InChI is InChI=1S/C19H21N3O2/c1-10-6-7-15(11(2)8-10)13(4)21-18(23)16-9-12(3)20-19-17(16)14(5)22-24-19/h6-9,13H,1-5H3,(H,21,23). The van der Waals surface area contributed by atoms with Gasteiger partial charge in [-0.15, -0.1) is 0 Å². The molecule has 0 fully saturated rings. The van der Waals surface area contributed by atoms with Crippen molar-refractivity contribution in [2.24, 2.45) is 0 Å². The van der Waals surface area contributed by atoms with Crippen LogP contribution in [0.2, 0.25) is 0 Å². The Morgan fingerprint density at radius 1 is 1.17 bits per heavy atom. The van der Waals surface area contributed by atoms with E-state index in [2.05, 4.69) is 47.5 Å². The first-order valence-corrected chi connectivity index (χ1v) is 7.98. The second-order valence-electron chi connectivity index (χ2n) is 6.31. The lowest BCUT2D eigenvalue weighted by Crippen LogP contribution is -2.27. The van der Waals surface area contributed by atoms with E-state index in [0.717, 1.165) is 11.3 Å². The molecule has 24 heavy (non-hydrogen) atoms. The average Bonchev–Trinajstić information content (AvgIpc) is 2.87. The minimum absolute atomic E-state index is 0.0956. The number of nitrogens with one attached hydrogen (secondary N) is 1. The van der Waals surface area contributed by atoms with Gasteiger partial charge in [-0.1, -0.05) is 28.9 Å². The maximum absolute atomic E-state index is 12.8. The number of aromatic nitrogens is 2. The van der Waals surface area contributed by atoms with E-state index in [4.69, 9.17) is 4.52 Å². The molecule has 1 amide bonds. The van der Waals surface area contributed by atoms with Gasteiger partial charge in [-0.2, -0.15) is 0 Å². The summed E-state index contributed by atoms with van der Waals surface area (Å²) in [5.74, 6) is -0.149. The smallest absolute Gasteiger partial charge is 0.258 e. The van der Waals surface area contributed by atoms with Crippen LogP contribution >= 0.6 is 0 Å². The maximum Gasteiger partial charge on any atom is 0.258 e. The van der Waals surface area contributed by atoms with Gasteiger partial charge in [-0.3, -0.25) is 4.79 Å². The van der Waals surface area contributed by atoms with Gasteiger partial charge in [0.25, 0.3) is 11.6 Å². The molecule has 0 aliphatic carbocycles. The summed E-state index contributed by atoms with van der Waals surface area (Å²) in [7, 11) is 0. The van der Waals surface area contributed by atoms with Gasteiger partial charge in [-0.05, 0) is 51.8 Å². The molecule has 1 aromatic carbocycles. The van der Waals surface area contributed by atoms with Crippen LogP contribution < -0.4 is 5.32 Å². The molecule has 0 saturated heterocycles. The number of rotatable bonds is 3. The van der Waals surface area contributed by atoms with Crippen LogP contribution in [0.15, 0.2) is 28.8 Å². The van der Waals surface area contributed by atoms with Crippen LogP contribution in [0.1, 0.15) is 51.4 Å². The predicted molar refractivity (Wildman–Crippen MR) is 93.1 cm³/mol. The normalized spacial score (nSPS) is 12.4. The molecule has 0 aliphatic rings. The fraction of sp³-hybridized carbons (Fsp3) is 0.316. The van der Waals surface area contributed by atoms with Gasteiger partial charge >= 0.3 is 0 Å². The van der Waals surface area contributed by atoms with E-state index in [1.807, 2.05) is 20.8 Å². The first-order valence-electron chi connectivity index (χ1n) is 7.98. The number of nitrogens with zero attached hydrogens (tertiary/aromatic N) is 2. The number of carbonyl (C=O) groups excluding carboxylic acids is 1. The number of fused-ring (bicyclic) bond motifs is 1. The van der Waals surface area contributed by atoms with Crippen molar-refractivity contribution in [2.45, 2.75) is 40.7 Å². The summed E-state index contributed by atoms with van der Waals surface area (Å²) < 4.78 is 5.20. The average molecular weight is 323 g/mol. The van der Waals surface area contributed by atoms with Gasteiger partial charge in [0.2, 0.25) is 0 Å². The van der Waals surface area contributed by atoms with Crippen LogP contribution in [-0.2, 0) is 0 Å². The van der Waals surface area contributed by atoms with Gasteiger partial charge in [-0.25, -0.2) is 4.98 Å². The third-order valence-corrected chi connectivity index (χ3v) is 4.23. The quantitative estimate of drug-likeness (QED) is 0.792. The Morgan fingerprint density at radius 3 is 2.62 bits per heavy atom. The van der Waals surface area contributed by atoms with Crippen molar-refractivity contribution in [3.05, 3.63) is 57.9 Å². The highest BCUT2D eigenvalue weighted by Gasteiger charge is 2.20. The number of carbonyl (C=O) groups is 1. The van der Waals surface area contributed by atoms with Crippen molar-refractivity contribution in [3.63, 3.8) is 0 Å². The van der Waals surface area contributed by atoms with E-state index in [9.17, 15) is 4.79 Å². The van der Waals surface area contributed by atoms with E-state index < -0.39 is 0 Å². The summed E-state index contributed by atoms with van der Waals surface area (Å²) in [6.07, 6.45) is 0.